The summed E-state index contributed by atoms with van der Waals surface area (Å²) in [6, 6.07) is 4.78. The number of aromatic nitrogens is 2. The maximum absolute atomic E-state index is 14.5. The molecule has 7 heteroatoms. The van der Waals surface area contributed by atoms with Gasteiger partial charge in [0.15, 0.2) is 0 Å². The molecule has 0 spiro atoms. The Balaban J connectivity index is 1.44. The third kappa shape index (κ3) is 3.89. The Morgan fingerprint density at radius 3 is 2.47 bits per heavy atom. The van der Waals surface area contributed by atoms with Crippen molar-refractivity contribution in [2.45, 2.75) is 44.9 Å². The molecular weight excluding hydrogens is 403 g/mol. The number of anilines is 1. The molecule has 0 atom stereocenters. The summed E-state index contributed by atoms with van der Waals surface area (Å²) in [5.41, 5.74) is 2.29. The van der Waals surface area contributed by atoms with Gasteiger partial charge >= 0.3 is 0 Å². The molecule has 1 aromatic heterocycles. The van der Waals surface area contributed by atoms with Crippen molar-refractivity contribution in [2.75, 3.05) is 31.1 Å². The molecule has 2 heterocycles. The summed E-state index contributed by atoms with van der Waals surface area (Å²) >= 11 is 6.31. The number of rotatable bonds is 5. The van der Waals surface area contributed by atoms with Gasteiger partial charge in [0.2, 0.25) is 5.91 Å². The first-order chi connectivity index (χ1) is 14.5. The fraction of sp³-hybridized carbons (Fsp3) is 0.522. The molecule has 3 aliphatic rings. The zero-order chi connectivity index (χ0) is 20.8. The quantitative estimate of drug-likeness (QED) is 0.719. The van der Waals surface area contributed by atoms with Gasteiger partial charge in [-0.1, -0.05) is 17.7 Å². The summed E-state index contributed by atoms with van der Waals surface area (Å²) in [5.74, 6) is 2.44. The van der Waals surface area contributed by atoms with Crippen LogP contribution in [0.1, 0.15) is 54.2 Å². The summed E-state index contributed by atoms with van der Waals surface area (Å²) < 4.78 is 14.5. The van der Waals surface area contributed by atoms with Gasteiger partial charge in [-0.25, -0.2) is 14.4 Å². The van der Waals surface area contributed by atoms with Crippen molar-refractivity contribution in [3.05, 3.63) is 51.7 Å². The second-order valence-electron chi connectivity index (χ2n) is 8.71. The molecule has 3 fully saturated rings. The minimum Gasteiger partial charge on any atom is -0.353 e. The number of hydrogen-bond acceptors (Lipinski definition) is 4. The van der Waals surface area contributed by atoms with E-state index < -0.39 is 0 Å². The molecule has 5 nitrogen and oxygen atoms in total. The van der Waals surface area contributed by atoms with Crippen molar-refractivity contribution in [3.8, 4) is 0 Å². The van der Waals surface area contributed by atoms with Gasteiger partial charge in [-0.15, -0.1) is 0 Å². The van der Waals surface area contributed by atoms with E-state index in [0.29, 0.717) is 41.9 Å². The molecule has 158 valence electrons. The molecule has 1 amide bonds. The van der Waals surface area contributed by atoms with Gasteiger partial charge in [0.1, 0.15) is 17.5 Å². The molecule has 2 aromatic rings. The highest BCUT2D eigenvalue weighted by atomic mass is 35.5. The lowest BCUT2D eigenvalue weighted by molar-refractivity contribution is -0.132. The Kier molecular flexibility index (Phi) is 5.13. The standard InChI is InChI=1S/C23H26ClFN4O/c1-14-17(13-18-19(24)3-2-4-20(18)25)22(27-21(26-14)15-5-6-15)28-9-11-29(12-10-28)23(30)16-7-8-16/h2-4,15-16H,5-13H2,1H3. The number of nitrogens with zero attached hydrogens (tertiary/aromatic N) is 4. The zero-order valence-corrected chi connectivity index (χ0v) is 18.0. The molecule has 30 heavy (non-hydrogen) atoms. The van der Waals surface area contributed by atoms with Crippen LogP contribution >= 0.6 is 11.6 Å². The van der Waals surface area contributed by atoms with Crippen LogP contribution in [0.4, 0.5) is 10.2 Å². The molecule has 2 aliphatic carbocycles. The SMILES string of the molecule is Cc1nc(C2CC2)nc(N2CCN(C(=O)C3CC3)CC2)c1Cc1c(F)cccc1Cl. The number of aryl methyl sites for hydroxylation is 1. The van der Waals surface area contributed by atoms with E-state index in [-0.39, 0.29) is 11.7 Å². The van der Waals surface area contributed by atoms with E-state index in [1.54, 1.807) is 12.1 Å². The lowest BCUT2D eigenvalue weighted by atomic mass is 10.0. The van der Waals surface area contributed by atoms with Crippen molar-refractivity contribution >= 4 is 23.3 Å². The van der Waals surface area contributed by atoms with Crippen LogP contribution in [0, 0.1) is 18.7 Å². The van der Waals surface area contributed by atoms with Gasteiger partial charge in [-0.05, 0) is 44.7 Å². The molecule has 0 N–H and O–H groups in total. The van der Waals surface area contributed by atoms with E-state index in [9.17, 15) is 9.18 Å². The normalized spacial score (nSPS) is 19.3. The van der Waals surface area contributed by atoms with Gasteiger partial charge < -0.3 is 9.80 Å². The van der Waals surface area contributed by atoms with Crippen LogP contribution in [0.3, 0.4) is 0 Å². The number of piperazine rings is 1. The third-order valence-electron chi connectivity index (χ3n) is 6.38. The monoisotopic (exact) mass is 428 g/mol. The van der Waals surface area contributed by atoms with Crippen LogP contribution in [0.15, 0.2) is 18.2 Å². The first-order valence-corrected chi connectivity index (χ1v) is 11.2. The van der Waals surface area contributed by atoms with Crippen molar-refractivity contribution in [1.82, 2.24) is 14.9 Å². The molecule has 1 aromatic carbocycles. The number of halogens is 2. The van der Waals surface area contributed by atoms with E-state index in [4.69, 9.17) is 21.6 Å². The average Bonchev–Trinajstić information content (AvgIpc) is 3.64. The summed E-state index contributed by atoms with van der Waals surface area (Å²) in [4.78, 5) is 26.3. The third-order valence-corrected chi connectivity index (χ3v) is 6.74. The summed E-state index contributed by atoms with van der Waals surface area (Å²) in [7, 11) is 0. The van der Waals surface area contributed by atoms with E-state index in [2.05, 4.69) is 4.90 Å². The topological polar surface area (TPSA) is 49.3 Å². The highest BCUT2D eigenvalue weighted by Crippen LogP contribution is 2.40. The Morgan fingerprint density at radius 1 is 1.10 bits per heavy atom. The van der Waals surface area contributed by atoms with Gasteiger partial charge in [0, 0.05) is 66.3 Å². The number of amides is 1. The Bertz CT molecular complexity index is 961. The Labute approximate surface area is 181 Å². The molecule has 0 bridgehead atoms. The van der Waals surface area contributed by atoms with Crippen molar-refractivity contribution < 1.29 is 9.18 Å². The maximum atomic E-state index is 14.5. The lowest BCUT2D eigenvalue weighted by Crippen LogP contribution is -2.49. The fourth-order valence-corrected chi connectivity index (χ4v) is 4.43. The minimum absolute atomic E-state index is 0.248. The predicted octanol–water partition coefficient (Wildman–Crippen LogP) is 4.10. The van der Waals surface area contributed by atoms with Crippen LogP contribution in [0.5, 0.6) is 0 Å². The molecule has 5 rings (SSSR count). The zero-order valence-electron chi connectivity index (χ0n) is 17.2. The Hall–Kier alpha value is -2.21. The van der Waals surface area contributed by atoms with E-state index in [1.807, 2.05) is 11.8 Å². The predicted molar refractivity (Wildman–Crippen MR) is 114 cm³/mol. The van der Waals surface area contributed by atoms with Crippen molar-refractivity contribution in [2.24, 2.45) is 5.92 Å². The van der Waals surface area contributed by atoms with Crippen LogP contribution in [-0.4, -0.2) is 47.0 Å². The Morgan fingerprint density at radius 2 is 1.83 bits per heavy atom. The first-order valence-electron chi connectivity index (χ1n) is 10.9. The van der Waals surface area contributed by atoms with Gasteiger partial charge in [-0.2, -0.15) is 0 Å². The highest BCUT2D eigenvalue weighted by molar-refractivity contribution is 6.31. The van der Waals surface area contributed by atoms with Gasteiger partial charge in [0.25, 0.3) is 0 Å². The number of hydrogen-bond donors (Lipinski definition) is 0. The van der Waals surface area contributed by atoms with Crippen LogP contribution in [0.25, 0.3) is 0 Å². The molecule has 0 unspecified atom stereocenters. The maximum Gasteiger partial charge on any atom is 0.225 e. The van der Waals surface area contributed by atoms with Gasteiger partial charge in [-0.3, -0.25) is 4.79 Å². The molecular formula is C23H26ClFN4O. The van der Waals surface area contributed by atoms with E-state index in [1.165, 1.54) is 6.07 Å². The molecule has 2 saturated carbocycles. The molecule has 1 saturated heterocycles. The summed E-state index contributed by atoms with van der Waals surface area (Å²) in [6.45, 7) is 4.86. The number of benzene rings is 1. The van der Waals surface area contributed by atoms with Crippen molar-refractivity contribution in [1.29, 1.82) is 0 Å². The smallest absolute Gasteiger partial charge is 0.225 e. The molecule has 0 radical (unpaired) electrons. The van der Waals surface area contributed by atoms with Crippen LogP contribution < -0.4 is 4.90 Å². The fourth-order valence-electron chi connectivity index (χ4n) is 4.20. The second-order valence-corrected chi connectivity index (χ2v) is 9.11. The first kappa shape index (κ1) is 19.7. The van der Waals surface area contributed by atoms with Crippen molar-refractivity contribution in [3.63, 3.8) is 0 Å². The average molecular weight is 429 g/mol. The summed E-state index contributed by atoms with van der Waals surface area (Å²) in [6.07, 6.45) is 4.67. The highest BCUT2D eigenvalue weighted by Gasteiger charge is 2.35. The largest absolute Gasteiger partial charge is 0.353 e. The molecule has 1 aliphatic heterocycles. The van der Waals surface area contributed by atoms with Crippen LogP contribution in [-0.2, 0) is 11.2 Å². The van der Waals surface area contributed by atoms with E-state index >= 15 is 0 Å². The minimum atomic E-state index is -0.307. The van der Waals surface area contributed by atoms with Gasteiger partial charge in [0.05, 0.1) is 0 Å². The summed E-state index contributed by atoms with van der Waals surface area (Å²) in [5, 5.41) is 0.423. The van der Waals surface area contributed by atoms with E-state index in [0.717, 1.165) is 61.7 Å². The number of carbonyl (C=O) groups excluding carboxylic acids is 1. The second kappa shape index (κ2) is 7.80. The lowest BCUT2D eigenvalue weighted by Gasteiger charge is -2.36. The van der Waals surface area contributed by atoms with Crippen LogP contribution in [0.2, 0.25) is 5.02 Å². The number of carbonyl (C=O) groups is 1.